The van der Waals surface area contributed by atoms with Crippen molar-refractivity contribution >= 4 is 29.4 Å². The number of carbonyl (C=O) groups is 4. The Labute approximate surface area is 199 Å². The molecule has 1 heterocycles. The van der Waals surface area contributed by atoms with Crippen molar-refractivity contribution in [2.24, 2.45) is 0 Å². The van der Waals surface area contributed by atoms with Gasteiger partial charge in [0.05, 0.1) is 13.1 Å². The molecule has 1 aliphatic heterocycles. The van der Waals surface area contributed by atoms with Crippen LogP contribution in [0.5, 0.6) is 0 Å². The van der Waals surface area contributed by atoms with E-state index in [0.717, 1.165) is 27.4 Å². The third kappa shape index (κ3) is 5.99. The Hall–Kier alpha value is -3.72. The lowest BCUT2D eigenvalue weighted by molar-refractivity contribution is -0.139. The third-order valence-electron chi connectivity index (χ3n) is 5.96. The van der Waals surface area contributed by atoms with Gasteiger partial charge >= 0.3 is 6.03 Å². The van der Waals surface area contributed by atoms with Crippen molar-refractivity contribution in [3.8, 4) is 0 Å². The van der Waals surface area contributed by atoms with E-state index in [-0.39, 0.29) is 19.0 Å². The summed E-state index contributed by atoms with van der Waals surface area (Å²) in [5.74, 6) is -1.36. The van der Waals surface area contributed by atoms with Crippen LogP contribution >= 0.6 is 0 Å². The Morgan fingerprint density at radius 3 is 2.38 bits per heavy atom. The molecule has 0 spiro atoms. The number of benzene rings is 2. The van der Waals surface area contributed by atoms with Gasteiger partial charge in [0.15, 0.2) is 0 Å². The number of likely N-dealkylation sites (N-methyl/N-ethyl adjacent to an activating group) is 1. The van der Waals surface area contributed by atoms with Crippen LogP contribution in [0.2, 0.25) is 0 Å². The minimum atomic E-state index is -1.11. The lowest BCUT2D eigenvalue weighted by atomic mass is 9.93. The summed E-state index contributed by atoms with van der Waals surface area (Å²) in [5, 5.41) is 6.23. The van der Waals surface area contributed by atoms with Gasteiger partial charge in [-0.05, 0) is 63.4 Å². The van der Waals surface area contributed by atoms with E-state index in [2.05, 4.69) is 16.1 Å². The zero-order chi connectivity index (χ0) is 24.9. The maximum atomic E-state index is 12.9. The number of amides is 5. The smallest absolute Gasteiger partial charge is 0.325 e. The normalized spacial score (nSPS) is 17.6. The molecule has 1 atom stereocenters. The SMILES string of the molecule is Cc1cccc(NC(=O)CN(C)CC(=O)NN2C(=O)NC(C)(CCc3ccccc3)C2=O)c1C. The number of nitrogens with zero attached hydrogens (tertiary/aromatic N) is 2. The van der Waals surface area contributed by atoms with Crippen molar-refractivity contribution in [3.05, 3.63) is 65.2 Å². The van der Waals surface area contributed by atoms with Gasteiger partial charge in [0, 0.05) is 5.69 Å². The summed E-state index contributed by atoms with van der Waals surface area (Å²) in [6.45, 7) is 5.33. The van der Waals surface area contributed by atoms with E-state index in [4.69, 9.17) is 0 Å². The Bertz CT molecular complexity index is 1090. The minimum Gasteiger partial charge on any atom is -0.325 e. The zero-order valence-electron chi connectivity index (χ0n) is 20.0. The lowest BCUT2D eigenvalue weighted by Crippen LogP contribution is -2.51. The van der Waals surface area contributed by atoms with E-state index in [1.165, 1.54) is 4.90 Å². The Morgan fingerprint density at radius 1 is 1.00 bits per heavy atom. The van der Waals surface area contributed by atoms with Crippen LogP contribution in [-0.2, 0) is 20.8 Å². The molecule has 3 rings (SSSR count). The van der Waals surface area contributed by atoms with E-state index in [1.54, 1.807) is 14.0 Å². The monoisotopic (exact) mass is 465 g/mol. The van der Waals surface area contributed by atoms with Gasteiger partial charge in [-0.25, -0.2) is 4.79 Å². The van der Waals surface area contributed by atoms with Gasteiger partial charge in [-0.15, -0.1) is 0 Å². The number of hydrogen-bond acceptors (Lipinski definition) is 5. The first kappa shape index (κ1) is 24.9. The molecule has 5 amide bonds. The maximum absolute atomic E-state index is 12.9. The quantitative estimate of drug-likeness (QED) is 0.492. The van der Waals surface area contributed by atoms with Crippen LogP contribution in [0.1, 0.15) is 30.0 Å². The molecule has 0 aliphatic carbocycles. The molecule has 180 valence electrons. The number of rotatable bonds is 9. The van der Waals surface area contributed by atoms with Crippen molar-refractivity contribution in [1.29, 1.82) is 0 Å². The second-order valence-electron chi connectivity index (χ2n) is 8.89. The van der Waals surface area contributed by atoms with Crippen LogP contribution in [0.4, 0.5) is 10.5 Å². The average molecular weight is 466 g/mol. The summed E-state index contributed by atoms with van der Waals surface area (Å²) in [6, 6.07) is 14.6. The highest BCUT2D eigenvalue weighted by atomic mass is 16.2. The van der Waals surface area contributed by atoms with Gasteiger partial charge in [0.2, 0.25) is 5.91 Å². The van der Waals surface area contributed by atoms with Crippen molar-refractivity contribution < 1.29 is 19.2 Å². The van der Waals surface area contributed by atoms with E-state index < -0.39 is 23.4 Å². The molecule has 1 fully saturated rings. The fraction of sp³-hybridized carbons (Fsp3) is 0.360. The molecule has 0 saturated carbocycles. The average Bonchev–Trinajstić information content (AvgIpc) is 2.99. The van der Waals surface area contributed by atoms with Gasteiger partial charge in [0.25, 0.3) is 11.8 Å². The van der Waals surface area contributed by atoms with Gasteiger partial charge in [-0.1, -0.05) is 42.5 Å². The summed E-state index contributed by atoms with van der Waals surface area (Å²) in [6.07, 6.45) is 0.996. The third-order valence-corrected chi connectivity index (χ3v) is 5.96. The summed E-state index contributed by atoms with van der Waals surface area (Å²) in [7, 11) is 1.61. The molecule has 9 nitrogen and oxygen atoms in total. The van der Waals surface area contributed by atoms with Crippen LogP contribution in [0.15, 0.2) is 48.5 Å². The molecule has 3 N–H and O–H groups in total. The first-order valence-electron chi connectivity index (χ1n) is 11.1. The number of urea groups is 1. The molecule has 0 radical (unpaired) electrons. The predicted octanol–water partition coefficient (Wildman–Crippen LogP) is 2.15. The molecule has 2 aromatic rings. The molecule has 1 unspecified atom stereocenters. The van der Waals surface area contributed by atoms with E-state index in [1.807, 2.05) is 62.4 Å². The lowest BCUT2D eigenvalue weighted by Gasteiger charge is -2.22. The van der Waals surface area contributed by atoms with Crippen molar-refractivity contribution in [2.45, 2.75) is 39.2 Å². The number of hydrazine groups is 1. The Morgan fingerprint density at radius 2 is 1.68 bits per heavy atom. The topological polar surface area (TPSA) is 111 Å². The zero-order valence-corrected chi connectivity index (χ0v) is 20.0. The van der Waals surface area contributed by atoms with Crippen LogP contribution in [-0.4, -0.2) is 59.3 Å². The molecule has 0 bridgehead atoms. The van der Waals surface area contributed by atoms with Crippen molar-refractivity contribution in [1.82, 2.24) is 20.7 Å². The highest BCUT2D eigenvalue weighted by Crippen LogP contribution is 2.22. The number of aryl methyl sites for hydroxylation is 2. The Kier molecular flexibility index (Phi) is 7.68. The highest BCUT2D eigenvalue weighted by molar-refractivity contribution is 6.07. The first-order chi connectivity index (χ1) is 16.1. The number of carbonyl (C=O) groups excluding carboxylic acids is 4. The van der Waals surface area contributed by atoms with Crippen LogP contribution < -0.4 is 16.1 Å². The summed E-state index contributed by atoms with van der Waals surface area (Å²) >= 11 is 0. The summed E-state index contributed by atoms with van der Waals surface area (Å²) < 4.78 is 0. The summed E-state index contributed by atoms with van der Waals surface area (Å²) in [4.78, 5) is 51.6. The largest absolute Gasteiger partial charge is 0.344 e. The van der Waals surface area contributed by atoms with Crippen molar-refractivity contribution in [3.63, 3.8) is 0 Å². The predicted molar refractivity (Wildman–Crippen MR) is 129 cm³/mol. The fourth-order valence-corrected chi connectivity index (χ4v) is 3.78. The van der Waals surface area contributed by atoms with Gasteiger partial charge in [-0.3, -0.25) is 24.7 Å². The standard InChI is InChI=1S/C25H31N5O4/c1-17-9-8-12-20(18(17)2)26-21(31)15-29(4)16-22(32)28-30-23(33)25(3,27-24(30)34)14-13-19-10-6-5-7-11-19/h5-12H,13-16H2,1-4H3,(H,26,31)(H,27,34)(H,28,32). The molecule has 2 aromatic carbocycles. The van der Waals surface area contributed by atoms with Gasteiger partial charge in [0.1, 0.15) is 5.54 Å². The van der Waals surface area contributed by atoms with Gasteiger partial charge < -0.3 is 10.6 Å². The van der Waals surface area contributed by atoms with Crippen LogP contribution in [0.25, 0.3) is 0 Å². The number of nitrogens with one attached hydrogen (secondary N) is 3. The van der Waals surface area contributed by atoms with Crippen molar-refractivity contribution in [2.75, 3.05) is 25.5 Å². The first-order valence-corrected chi connectivity index (χ1v) is 11.1. The number of imide groups is 1. The minimum absolute atomic E-state index is 0.0320. The molecular formula is C25H31N5O4. The molecule has 34 heavy (non-hydrogen) atoms. The number of anilines is 1. The van der Waals surface area contributed by atoms with Crippen LogP contribution in [0.3, 0.4) is 0 Å². The second-order valence-corrected chi connectivity index (χ2v) is 8.89. The van der Waals surface area contributed by atoms with Crippen LogP contribution in [0, 0.1) is 13.8 Å². The van der Waals surface area contributed by atoms with E-state index in [9.17, 15) is 19.2 Å². The molecule has 1 saturated heterocycles. The Balaban J connectivity index is 1.50. The fourth-order valence-electron chi connectivity index (χ4n) is 3.78. The highest BCUT2D eigenvalue weighted by Gasteiger charge is 2.48. The molecule has 1 aliphatic rings. The molecular weight excluding hydrogens is 434 g/mol. The molecule has 0 aromatic heterocycles. The molecule has 9 heteroatoms. The second kappa shape index (κ2) is 10.5. The van der Waals surface area contributed by atoms with E-state index in [0.29, 0.717) is 12.8 Å². The van der Waals surface area contributed by atoms with E-state index >= 15 is 0 Å². The van der Waals surface area contributed by atoms with Gasteiger partial charge in [-0.2, -0.15) is 5.01 Å². The maximum Gasteiger partial charge on any atom is 0.344 e. The number of hydrogen-bond donors (Lipinski definition) is 3. The summed E-state index contributed by atoms with van der Waals surface area (Å²) in [5.41, 5.74) is 5.06.